The molecule has 3 unspecified atom stereocenters. The van der Waals surface area contributed by atoms with Gasteiger partial charge in [-0.15, -0.1) is 0 Å². The van der Waals surface area contributed by atoms with Gasteiger partial charge in [-0.05, 0) is 54.5 Å². The number of hydrogen-bond donors (Lipinski definition) is 3. The fourth-order valence-corrected chi connectivity index (χ4v) is 3.79. The highest BCUT2D eigenvalue weighted by molar-refractivity contribution is 5.94. The van der Waals surface area contributed by atoms with Crippen LogP contribution in [0.1, 0.15) is 42.6 Å². The zero-order chi connectivity index (χ0) is 24.9. The van der Waals surface area contributed by atoms with Crippen LogP contribution in [0.15, 0.2) is 48.5 Å². The Hall–Kier alpha value is -2.61. The van der Waals surface area contributed by atoms with E-state index in [-0.39, 0.29) is 18.4 Å². The Bertz CT molecular complexity index is 859. The van der Waals surface area contributed by atoms with Gasteiger partial charge < -0.3 is 30.4 Å². The quantitative estimate of drug-likeness (QED) is 0.343. The molecule has 0 aliphatic heterocycles. The molecule has 7 nitrogen and oxygen atoms in total. The zero-order valence-electron chi connectivity index (χ0n) is 20.8. The van der Waals surface area contributed by atoms with Crippen LogP contribution in [0, 0.1) is 11.8 Å². The second-order valence-electron chi connectivity index (χ2n) is 8.93. The smallest absolute Gasteiger partial charge is 0.251 e. The minimum Gasteiger partial charge on any atom is -0.493 e. The van der Waals surface area contributed by atoms with Crippen LogP contribution in [-0.4, -0.2) is 57.1 Å². The van der Waals surface area contributed by atoms with E-state index in [1.165, 1.54) is 0 Å². The summed E-state index contributed by atoms with van der Waals surface area (Å²) in [4.78, 5) is 12.2. The fraction of sp³-hybridized carbons (Fsp3) is 0.519. The third-order valence-corrected chi connectivity index (χ3v) is 6.00. The van der Waals surface area contributed by atoms with Crippen molar-refractivity contribution in [3.05, 3.63) is 59.7 Å². The first-order chi connectivity index (χ1) is 16.3. The van der Waals surface area contributed by atoms with Gasteiger partial charge in [0, 0.05) is 38.3 Å². The Labute approximate surface area is 203 Å². The number of amides is 1. The maximum atomic E-state index is 12.2. The Morgan fingerprint density at radius 3 is 2.44 bits per heavy atom. The minimum atomic E-state index is -0.829. The summed E-state index contributed by atoms with van der Waals surface area (Å²) in [7, 11) is 3.30. The molecule has 0 spiro atoms. The SMILES string of the molecule is COCCCOc1cc(CC(CC(N)C(O)CNC(=O)c2ccccc2)C(C)C)ccc1OC. The molecule has 188 valence electrons. The van der Waals surface area contributed by atoms with Gasteiger partial charge in [0.15, 0.2) is 11.5 Å². The summed E-state index contributed by atoms with van der Waals surface area (Å²) >= 11 is 0. The lowest BCUT2D eigenvalue weighted by molar-refractivity contribution is 0.0878. The fourth-order valence-electron chi connectivity index (χ4n) is 3.79. The second-order valence-corrected chi connectivity index (χ2v) is 8.93. The van der Waals surface area contributed by atoms with Gasteiger partial charge in [0.25, 0.3) is 5.91 Å². The van der Waals surface area contributed by atoms with Crippen LogP contribution < -0.4 is 20.5 Å². The Balaban J connectivity index is 1.95. The first-order valence-corrected chi connectivity index (χ1v) is 11.9. The van der Waals surface area contributed by atoms with Crippen molar-refractivity contribution in [1.82, 2.24) is 5.32 Å². The van der Waals surface area contributed by atoms with E-state index >= 15 is 0 Å². The van der Waals surface area contributed by atoms with E-state index in [9.17, 15) is 9.90 Å². The molecule has 0 saturated carbocycles. The molecule has 7 heteroatoms. The standard InChI is InChI=1S/C27H40N2O5/c1-19(2)22(15-20-11-12-25(33-4)26(16-20)34-14-8-13-32-3)17-23(28)24(30)18-29-27(31)21-9-6-5-7-10-21/h5-7,9-12,16,19,22-24,30H,8,13-15,17-18,28H2,1-4H3,(H,29,31). The third kappa shape index (κ3) is 8.97. The number of carbonyl (C=O) groups is 1. The van der Waals surface area contributed by atoms with Crippen LogP contribution in [0.25, 0.3) is 0 Å². The molecule has 0 aliphatic rings. The Kier molecular flexibility index (Phi) is 11.9. The van der Waals surface area contributed by atoms with Crippen LogP contribution >= 0.6 is 0 Å². The summed E-state index contributed by atoms with van der Waals surface area (Å²) in [5.74, 6) is 1.81. The first kappa shape index (κ1) is 27.6. The van der Waals surface area contributed by atoms with Crippen molar-refractivity contribution in [1.29, 1.82) is 0 Å². The molecule has 0 aromatic heterocycles. The summed E-state index contributed by atoms with van der Waals surface area (Å²) in [6.07, 6.45) is 1.40. The van der Waals surface area contributed by atoms with Gasteiger partial charge in [-0.1, -0.05) is 38.1 Å². The van der Waals surface area contributed by atoms with Crippen molar-refractivity contribution in [2.24, 2.45) is 17.6 Å². The molecule has 0 fully saturated rings. The molecule has 2 aromatic carbocycles. The number of nitrogens with two attached hydrogens (primary N) is 1. The Morgan fingerprint density at radius 1 is 1.06 bits per heavy atom. The number of benzene rings is 2. The number of rotatable bonds is 15. The summed E-state index contributed by atoms with van der Waals surface area (Å²) in [5, 5.41) is 13.3. The van der Waals surface area contributed by atoms with E-state index in [0.717, 1.165) is 18.4 Å². The molecule has 0 radical (unpaired) electrons. The number of nitrogens with one attached hydrogen (secondary N) is 1. The molecule has 0 aliphatic carbocycles. The highest BCUT2D eigenvalue weighted by Crippen LogP contribution is 2.31. The van der Waals surface area contributed by atoms with Crippen LogP contribution in [-0.2, 0) is 11.2 Å². The molecule has 2 rings (SSSR count). The molecular weight excluding hydrogens is 432 g/mol. The largest absolute Gasteiger partial charge is 0.493 e. The van der Waals surface area contributed by atoms with Crippen LogP contribution in [0.5, 0.6) is 11.5 Å². The van der Waals surface area contributed by atoms with Gasteiger partial charge in [-0.25, -0.2) is 0 Å². The molecule has 3 atom stereocenters. The van der Waals surface area contributed by atoms with E-state index in [1.54, 1.807) is 38.5 Å². The summed E-state index contributed by atoms with van der Waals surface area (Å²) in [6, 6.07) is 14.5. The first-order valence-electron chi connectivity index (χ1n) is 11.9. The number of carbonyl (C=O) groups excluding carboxylic acids is 1. The highest BCUT2D eigenvalue weighted by atomic mass is 16.5. The molecule has 0 bridgehead atoms. The van der Waals surface area contributed by atoms with Crippen molar-refractivity contribution in [3.8, 4) is 11.5 Å². The summed E-state index contributed by atoms with van der Waals surface area (Å²) in [6.45, 7) is 5.62. The number of hydrogen-bond acceptors (Lipinski definition) is 6. The zero-order valence-corrected chi connectivity index (χ0v) is 20.8. The molecule has 4 N–H and O–H groups in total. The number of aliphatic hydroxyl groups is 1. The van der Waals surface area contributed by atoms with Gasteiger partial charge in [-0.2, -0.15) is 0 Å². The van der Waals surface area contributed by atoms with Gasteiger partial charge in [-0.3, -0.25) is 4.79 Å². The Morgan fingerprint density at radius 2 is 1.79 bits per heavy atom. The molecule has 0 heterocycles. The molecular formula is C27H40N2O5. The maximum Gasteiger partial charge on any atom is 0.251 e. The maximum absolute atomic E-state index is 12.2. The van der Waals surface area contributed by atoms with Crippen molar-refractivity contribution >= 4 is 5.91 Å². The summed E-state index contributed by atoms with van der Waals surface area (Å²) < 4.78 is 16.4. The van der Waals surface area contributed by atoms with E-state index < -0.39 is 12.1 Å². The molecule has 0 saturated heterocycles. The molecule has 2 aromatic rings. The van der Waals surface area contributed by atoms with Crippen molar-refractivity contribution in [2.75, 3.05) is 34.0 Å². The molecule has 1 amide bonds. The van der Waals surface area contributed by atoms with Gasteiger partial charge in [0.05, 0.1) is 19.8 Å². The van der Waals surface area contributed by atoms with E-state index in [2.05, 4.69) is 19.2 Å². The predicted molar refractivity (Wildman–Crippen MR) is 134 cm³/mol. The van der Waals surface area contributed by atoms with Crippen molar-refractivity contribution in [3.63, 3.8) is 0 Å². The van der Waals surface area contributed by atoms with E-state index in [4.69, 9.17) is 19.9 Å². The molecule has 34 heavy (non-hydrogen) atoms. The highest BCUT2D eigenvalue weighted by Gasteiger charge is 2.23. The lowest BCUT2D eigenvalue weighted by Crippen LogP contribution is -2.44. The average Bonchev–Trinajstić information content (AvgIpc) is 2.85. The number of ether oxygens (including phenoxy) is 3. The monoisotopic (exact) mass is 472 g/mol. The van der Waals surface area contributed by atoms with Crippen LogP contribution in [0.4, 0.5) is 0 Å². The van der Waals surface area contributed by atoms with Gasteiger partial charge >= 0.3 is 0 Å². The van der Waals surface area contributed by atoms with Crippen LogP contribution in [0.2, 0.25) is 0 Å². The third-order valence-electron chi connectivity index (χ3n) is 6.00. The normalized spacial score (nSPS) is 13.9. The van der Waals surface area contributed by atoms with Crippen molar-refractivity contribution in [2.45, 2.75) is 45.3 Å². The topological polar surface area (TPSA) is 103 Å². The average molecular weight is 473 g/mol. The number of aliphatic hydroxyl groups excluding tert-OH is 1. The van der Waals surface area contributed by atoms with E-state index in [0.29, 0.717) is 42.6 Å². The van der Waals surface area contributed by atoms with E-state index in [1.807, 2.05) is 24.3 Å². The summed E-state index contributed by atoms with van der Waals surface area (Å²) in [5.41, 5.74) is 8.03. The van der Waals surface area contributed by atoms with Crippen LogP contribution in [0.3, 0.4) is 0 Å². The second kappa shape index (κ2) is 14.6. The lowest BCUT2D eigenvalue weighted by Gasteiger charge is -2.27. The number of methoxy groups -OCH3 is 2. The van der Waals surface area contributed by atoms with Crippen molar-refractivity contribution < 1.29 is 24.1 Å². The lowest BCUT2D eigenvalue weighted by atomic mass is 9.83. The minimum absolute atomic E-state index is 0.113. The predicted octanol–water partition coefficient (Wildman–Crippen LogP) is 3.43. The van der Waals surface area contributed by atoms with Gasteiger partial charge in [0.2, 0.25) is 0 Å². The van der Waals surface area contributed by atoms with Gasteiger partial charge in [0.1, 0.15) is 0 Å².